The topological polar surface area (TPSA) is 111 Å². The van der Waals surface area contributed by atoms with Gasteiger partial charge in [-0.1, -0.05) is 51.5 Å². The standard InChI is InChI=1S/C32H44N4O5/c1-5-6-17-36-30(39)27(28(37)22(2)3)34-31(40)32(36)15-18-35(19-16-32)21-24-7-11-25(12-8-24)29(38)33-20-23-9-13-26(41-4)14-10-23/h7-14,22,27-28,37H,5-6,15-21H2,1-4H3,(H,33,38)(H,34,40). The highest BCUT2D eigenvalue weighted by Crippen LogP contribution is 2.34. The van der Waals surface area contributed by atoms with Crippen molar-refractivity contribution in [1.29, 1.82) is 0 Å². The number of ether oxygens (including phenoxy) is 1. The summed E-state index contributed by atoms with van der Waals surface area (Å²) in [5.41, 5.74) is 1.80. The summed E-state index contributed by atoms with van der Waals surface area (Å²) in [5, 5.41) is 16.5. The largest absolute Gasteiger partial charge is 0.497 e. The number of hydrogen-bond donors (Lipinski definition) is 3. The minimum absolute atomic E-state index is 0.131. The molecule has 3 N–H and O–H groups in total. The van der Waals surface area contributed by atoms with Crippen LogP contribution in [0.5, 0.6) is 5.75 Å². The van der Waals surface area contributed by atoms with Crippen molar-refractivity contribution < 1.29 is 24.2 Å². The number of nitrogens with zero attached hydrogens (tertiary/aromatic N) is 2. The van der Waals surface area contributed by atoms with Crippen molar-refractivity contribution in [1.82, 2.24) is 20.4 Å². The van der Waals surface area contributed by atoms with Gasteiger partial charge in [0.15, 0.2) is 0 Å². The Morgan fingerprint density at radius 3 is 2.29 bits per heavy atom. The molecule has 0 aliphatic carbocycles. The number of piperidine rings is 1. The fourth-order valence-corrected chi connectivity index (χ4v) is 5.72. The number of likely N-dealkylation sites (tertiary alicyclic amines) is 1. The van der Waals surface area contributed by atoms with Gasteiger partial charge < -0.3 is 25.4 Å². The van der Waals surface area contributed by atoms with Crippen LogP contribution in [0.25, 0.3) is 0 Å². The molecule has 2 unspecified atom stereocenters. The minimum Gasteiger partial charge on any atom is -0.497 e. The lowest BCUT2D eigenvalue weighted by Gasteiger charge is -2.52. The van der Waals surface area contributed by atoms with E-state index < -0.39 is 17.7 Å². The summed E-state index contributed by atoms with van der Waals surface area (Å²) in [4.78, 5) is 43.7. The molecule has 41 heavy (non-hydrogen) atoms. The van der Waals surface area contributed by atoms with E-state index in [9.17, 15) is 19.5 Å². The maximum Gasteiger partial charge on any atom is 0.251 e. The first-order valence-corrected chi connectivity index (χ1v) is 14.7. The number of aliphatic hydroxyl groups is 1. The molecule has 2 aromatic carbocycles. The summed E-state index contributed by atoms with van der Waals surface area (Å²) < 4.78 is 5.17. The third-order valence-corrected chi connectivity index (χ3v) is 8.44. The molecule has 9 heteroatoms. The molecular weight excluding hydrogens is 520 g/mol. The van der Waals surface area contributed by atoms with E-state index in [0.29, 0.717) is 51.1 Å². The van der Waals surface area contributed by atoms with Gasteiger partial charge in [0.25, 0.3) is 5.91 Å². The van der Waals surface area contributed by atoms with Crippen molar-refractivity contribution in [3.63, 3.8) is 0 Å². The Labute approximate surface area is 243 Å². The maximum atomic E-state index is 13.5. The molecule has 9 nitrogen and oxygen atoms in total. The van der Waals surface area contributed by atoms with Gasteiger partial charge in [0.2, 0.25) is 11.8 Å². The molecule has 0 bridgehead atoms. The fourth-order valence-electron chi connectivity index (χ4n) is 5.72. The van der Waals surface area contributed by atoms with E-state index in [1.54, 1.807) is 12.0 Å². The highest BCUT2D eigenvalue weighted by atomic mass is 16.5. The van der Waals surface area contributed by atoms with Crippen molar-refractivity contribution in [3.05, 3.63) is 65.2 Å². The highest BCUT2D eigenvalue weighted by Gasteiger charge is 2.54. The number of benzene rings is 2. The van der Waals surface area contributed by atoms with Crippen LogP contribution in [0.3, 0.4) is 0 Å². The third kappa shape index (κ3) is 6.90. The zero-order valence-corrected chi connectivity index (χ0v) is 24.7. The normalized spacial score (nSPS) is 19.8. The Bertz CT molecular complexity index is 1190. The number of methoxy groups -OCH3 is 1. The van der Waals surface area contributed by atoms with E-state index in [1.165, 1.54) is 0 Å². The molecule has 1 spiro atoms. The highest BCUT2D eigenvalue weighted by molar-refractivity contribution is 6.00. The second-order valence-electron chi connectivity index (χ2n) is 11.6. The van der Waals surface area contributed by atoms with Gasteiger partial charge in [-0.3, -0.25) is 19.3 Å². The predicted molar refractivity (Wildman–Crippen MR) is 157 cm³/mol. The number of carbonyl (C=O) groups excluding carboxylic acids is 3. The molecule has 2 aliphatic heterocycles. The van der Waals surface area contributed by atoms with Crippen LogP contribution in [0.1, 0.15) is 67.9 Å². The van der Waals surface area contributed by atoms with E-state index in [-0.39, 0.29) is 23.6 Å². The van der Waals surface area contributed by atoms with Crippen molar-refractivity contribution in [2.24, 2.45) is 5.92 Å². The van der Waals surface area contributed by atoms with Gasteiger partial charge in [-0.05, 0) is 60.6 Å². The first kappa shape index (κ1) is 30.5. The van der Waals surface area contributed by atoms with E-state index in [0.717, 1.165) is 29.7 Å². The van der Waals surface area contributed by atoms with Crippen LogP contribution in [0.15, 0.2) is 48.5 Å². The molecule has 2 aromatic rings. The number of unbranched alkanes of at least 4 members (excludes halogenated alkanes) is 1. The van der Waals surface area contributed by atoms with Crippen LogP contribution in [0.4, 0.5) is 0 Å². The lowest BCUT2D eigenvalue weighted by molar-refractivity contribution is -0.165. The van der Waals surface area contributed by atoms with Crippen molar-refractivity contribution >= 4 is 17.7 Å². The lowest BCUT2D eigenvalue weighted by Crippen LogP contribution is -2.74. The predicted octanol–water partition coefficient (Wildman–Crippen LogP) is 3.10. The Balaban J connectivity index is 1.34. The van der Waals surface area contributed by atoms with Crippen LogP contribution in [-0.2, 0) is 22.7 Å². The zero-order chi connectivity index (χ0) is 29.6. The Hall–Kier alpha value is -3.43. The van der Waals surface area contributed by atoms with Gasteiger partial charge in [0.1, 0.15) is 17.3 Å². The molecule has 2 fully saturated rings. The first-order chi connectivity index (χ1) is 19.7. The van der Waals surface area contributed by atoms with Gasteiger partial charge in [0.05, 0.1) is 13.2 Å². The van der Waals surface area contributed by atoms with Crippen LogP contribution in [0.2, 0.25) is 0 Å². The molecule has 4 rings (SSSR count). The molecular formula is C32H44N4O5. The molecule has 222 valence electrons. The number of rotatable bonds is 11. The van der Waals surface area contributed by atoms with Gasteiger partial charge in [-0.2, -0.15) is 0 Å². The Morgan fingerprint density at radius 2 is 1.71 bits per heavy atom. The van der Waals surface area contributed by atoms with E-state index in [4.69, 9.17) is 4.74 Å². The van der Waals surface area contributed by atoms with E-state index in [2.05, 4.69) is 22.5 Å². The van der Waals surface area contributed by atoms with E-state index >= 15 is 0 Å². The molecule has 0 aromatic heterocycles. The average molecular weight is 565 g/mol. The van der Waals surface area contributed by atoms with Crippen molar-refractivity contribution in [2.75, 3.05) is 26.7 Å². The second-order valence-corrected chi connectivity index (χ2v) is 11.6. The van der Waals surface area contributed by atoms with Gasteiger partial charge >= 0.3 is 0 Å². The van der Waals surface area contributed by atoms with Crippen LogP contribution >= 0.6 is 0 Å². The smallest absolute Gasteiger partial charge is 0.251 e. The number of carbonyl (C=O) groups is 3. The molecule has 2 saturated heterocycles. The Morgan fingerprint density at radius 1 is 1.07 bits per heavy atom. The average Bonchev–Trinajstić information content (AvgIpc) is 2.99. The fraction of sp³-hybridized carbons (Fsp3) is 0.531. The third-order valence-electron chi connectivity index (χ3n) is 8.44. The first-order valence-electron chi connectivity index (χ1n) is 14.7. The molecule has 2 atom stereocenters. The SMILES string of the molecule is CCCCN1C(=O)C(C(O)C(C)C)NC(=O)C12CCN(Cc1ccc(C(=O)NCc3ccc(OC)cc3)cc1)CC2. The molecule has 2 heterocycles. The molecule has 0 radical (unpaired) electrons. The maximum absolute atomic E-state index is 13.5. The summed E-state index contributed by atoms with van der Waals surface area (Å²) in [5.74, 6) is 0.183. The summed E-state index contributed by atoms with van der Waals surface area (Å²) in [7, 11) is 1.62. The monoisotopic (exact) mass is 564 g/mol. The number of aliphatic hydroxyl groups excluding tert-OH is 1. The zero-order valence-electron chi connectivity index (χ0n) is 24.7. The van der Waals surface area contributed by atoms with Crippen LogP contribution in [0, 0.1) is 5.92 Å². The number of hydrogen-bond acceptors (Lipinski definition) is 6. The minimum atomic E-state index is -0.916. The lowest BCUT2D eigenvalue weighted by atomic mass is 9.80. The van der Waals surface area contributed by atoms with Crippen molar-refractivity contribution in [2.45, 2.75) is 77.2 Å². The molecule has 3 amide bonds. The summed E-state index contributed by atoms with van der Waals surface area (Å²) in [6.07, 6.45) is 1.91. The summed E-state index contributed by atoms with van der Waals surface area (Å²) in [6, 6.07) is 14.3. The molecule has 2 aliphatic rings. The van der Waals surface area contributed by atoms with Gasteiger partial charge in [-0.25, -0.2) is 0 Å². The van der Waals surface area contributed by atoms with Crippen LogP contribution in [-0.4, -0.2) is 77.1 Å². The van der Waals surface area contributed by atoms with Crippen molar-refractivity contribution in [3.8, 4) is 5.75 Å². The van der Waals surface area contributed by atoms with Crippen LogP contribution < -0.4 is 15.4 Å². The summed E-state index contributed by atoms with van der Waals surface area (Å²) in [6.45, 7) is 8.77. The molecule has 0 saturated carbocycles. The Kier molecular flexibility index (Phi) is 10.0. The quantitative estimate of drug-likeness (QED) is 0.387. The van der Waals surface area contributed by atoms with Gasteiger partial charge in [-0.15, -0.1) is 0 Å². The number of amides is 3. The number of nitrogens with one attached hydrogen (secondary N) is 2. The van der Waals surface area contributed by atoms with Gasteiger partial charge in [0, 0.05) is 38.3 Å². The number of piperazine rings is 1. The van der Waals surface area contributed by atoms with E-state index in [1.807, 2.05) is 62.4 Å². The summed E-state index contributed by atoms with van der Waals surface area (Å²) >= 11 is 0. The second kappa shape index (κ2) is 13.5.